The lowest BCUT2D eigenvalue weighted by molar-refractivity contribution is 0.521. The van der Waals surface area contributed by atoms with Crippen molar-refractivity contribution in [2.45, 2.75) is 19.8 Å². The molecule has 4 nitrogen and oxygen atoms in total. The van der Waals surface area contributed by atoms with Crippen molar-refractivity contribution in [3.05, 3.63) is 0 Å². The molecule has 1 unspecified atom stereocenters. The van der Waals surface area contributed by atoms with Crippen molar-refractivity contribution in [2.24, 2.45) is 28.4 Å². The molecule has 5 N–H and O–H groups in total. The molecular weight excluding hydrogens is 140 g/mol. The quantitative estimate of drug-likeness (QED) is 0.229. The summed E-state index contributed by atoms with van der Waals surface area (Å²) in [5.74, 6) is 6.91. The fraction of sp³-hybridized carbons (Fsp3) is 0.857. The molecule has 11 heavy (non-hydrogen) atoms. The van der Waals surface area contributed by atoms with E-state index in [0.29, 0.717) is 11.9 Å². The highest BCUT2D eigenvalue weighted by molar-refractivity contribution is 5.77. The molecule has 0 bridgehead atoms. The number of aliphatic imine (C=N–C) groups is 1. The van der Waals surface area contributed by atoms with Gasteiger partial charge in [-0.05, 0) is 24.7 Å². The summed E-state index contributed by atoms with van der Waals surface area (Å²) in [4.78, 5) is 4.06. The fourth-order valence-electron chi connectivity index (χ4n) is 1.10. The molecule has 1 rings (SSSR count). The molecule has 0 aliphatic heterocycles. The van der Waals surface area contributed by atoms with Gasteiger partial charge < -0.3 is 5.73 Å². The number of hydrazine groups is 1. The van der Waals surface area contributed by atoms with Gasteiger partial charge in [-0.2, -0.15) is 0 Å². The lowest BCUT2D eigenvalue weighted by Crippen LogP contribution is -2.37. The minimum absolute atomic E-state index is 0.331. The summed E-state index contributed by atoms with van der Waals surface area (Å²) in [7, 11) is 0. The van der Waals surface area contributed by atoms with E-state index in [4.69, 9.17) is 11.6 Å². The van der Waals surface area contributed by atoms with Crippen LogP contribution in [0.3, 0.4) is 0 Å². The van der Waals surface area contributed by atoms with Crippen LogP contribution in [0, 0.1) is 11.8 Å². The second-order valence-corrected chi connectivity index (χ2v) is 3.18. The van der Waals surface area contributed by atoms with Crippen LogP contribution in [-0.2, 0) is 0 Å². The third-order valence-corrected chi connectivity index (χ3v) is 2.12. The molecule has 0 spiro atoms. The van der Waals surface area contributed by atoms with E-state index in [0.717, 1.165) is 12.5 Å². The van der Waals surface area contributed by atoms with Crippen LogP contribution in [0.1, 0.15) is 19.8 Å². The highest BCUT2D eigenvalue weighted by atomic mass is 15.3. The molecule has 1 aliphatic rings. The first-order valence-corrected chi connectivity index (χ1v) is 4.00. The Kier molecular flexibility index (Phi) is 2.70. The molecule has 1 aliphatic carbocycles. The maximum absolute atomic E-state index is 5.36. The molecule has 0 amide bonds. The normalized spacial score (nSPS) is 21.5. The lowest BCUT2D eigenvalue weighted by Gasteiger charge is -2.05. The number of nitrogens with two attached hydrogens (primary N) is 2. The van der Waals surface area contributed by atoms with E-state index in [1.165, 1.54) is 12.8 Å². The molecule has 0 heterocycles. The summed E-state index contributed by atoms with van der Waals surface area (Å²) in [6.07, 6.45) is 2.71. The van der Waals surface area contributed by atoms with E-state index in [1.54, 1.807) is 0 Å². The van der Waals surface area contributed by atoms with Gasteiger partial charge in [0.25, 0.3) is 0 Å². The molecule has 1 atom stereocenters. The van der Waals surface area contributed by atoms with Crippen LogP contribution < -0.4 is 17.0 Å². The number of nitrogens with one attached hydrogen (secondary N) is 1. The highest BCUT2D eigenvalue weighted by Crippen LogP contribution is 2.36. The predicted octanol–water partition coefficient (Wildman–Crippen LogP) is -0.189. The first-order chi connectivity index (χ1) is 5.24. The van der Waals surface area contributed by atoms with Crippen molar-refractivity contribution < 1.29 is 0 Å². The number of guanidine groups is 1. The van der Waals surface area contributed by atoms with E-state index >= 15 is 0 Å². The molecule has 0 aromatic rings. The Hall–Kier alpha value is -0.770. The van der Waals surface area contributed by atoms with Crippen LogP contribution >= 0.6 is 0 Å². The van der Waals surface area contributed by atoms with Gasteiger partial charge in [-0.3, -0.25) is 10.4 Å². The topological polar surface area (TPSA) is 76.4 Å². The van der Waals surface area contributed by atoms with Gasteiger partial charge in [-0.25, -0.2) is 5.84 Å². The third-order valence-electron chi connectivity index (χ3n) is 2.12. The predicted molar refractivity (Wildman–Crippen MR) is 45.7 cm³/mol. The monoisotopic (exact) mass is 156 g/mol. The van der Waals surface area contributed by atoms with Gasteiger partial charge in [0, 0.05) is 6.54 Å². The number of nitrogens with zero attached hydrogens (tertiary/aromatic N) is 1. The van der Waals surface area contributed by atoms with Crippen LogP contribution in [0.4, 0.5) is 0 Å². The molecule has 0 radical (unpaired) electrons. The van der Waals surface area contributed by atoms with Crippen LogP contribution in [0.15, 0.2) is 4.99 Å². The van der Waals surface area contributed by atoms with Crippen molar-refractivity contribution >= 4 is 5.96 Å². The first-order valence-electron chi connectivity index (χ1n) is 4.00. The summed E-state index contributed by atoms with van der Waals surface area (Å²) >= 11 is 0. The minimum atomic E-state index is 0.331. The number of hydrogen-bond donors (Lipinski definition) is 3. The van der Waals surface area contributed by atoms with Gasteiger partial charge in [0.1, 0.15) is 0 Å². The SMILES string of the molecule is CC(CN=C(N)NN)C1CC1. The van der Waals surface area contributed by atoms with E-state index in [2.05, 4.69) is 17.3 Å². The van der Waals surface area contributed by atoms with E-state index in [-0.39, 0.29) is 0 Å². The Balaban J connectivity index is 2.18. The molecule has 4 heteroatoms. The molecule has 64 valence electrons. The van der Waals surface area contributed by atoms with Crippen molar-refractivity contribution in [3.63, 3.8) is 0 Å². The molecule has 0 aromatic heterocycles. The van der Waals surface area contributed by atoms with Gasteiger partial charge in [0.2, 0.25) is 5.96 Å². The van der Waals surface area contributed by atoms with Crippen LogP contribution in [-0.4, -0.2) is 12.5 Å². The molecular formula is C7H16N4. The lowest BCUT2D eigenvalue weighted by atomic mass is 10.1. The number of hydrogen-bond acceptors (Lipinski definition) is 2. The maximum atomic E-state index is 5.36. The van der Waals surface area contributed by atoms with Crippen molar-refractivity contribution in [3.8, 4) is 0 Å². The first kappa shape index (κ1) is 8.33. The average molecular weight is 156 g/mol. The molecule has 0 aromatic carbocycles. The van der Waals surface area contributed by atoms with Gasteiger partial charge in [-0.15, -0.1) is 0 Å². The van der Waals surface area contributed by atoms with Crippen molar-refractivity contribution in [1.82, 2.24) is 5.43 Å². The Morgan fingerprint density at radius 3 is 2.82 bits per heavy atom. The summed E-state index contributed by atoms with van der Waals surface area (Å²) in [5, 5.41) is 0. The van der Waals surface area contributed by atoms with Crippen LogP contribution in [0.2, 0.25) is 0 Å². The second kappa shape index (κ2) is 3.57. The number of rotatable bonds is 3. The van der Waals surface area contributed by atoms with Gasteiger partial charge in [-0.1, -0.05) is 6.92 Å². The molecule has 1 saturated carbocycles. The van der Waals surface area contributed by atoms with E-state index in [1.807, 2.05) is 0 Å². The van der Waals surface area contributed by atoms with E-state index in [9.17, 15) is 0 Å². The summed E-state index contributed by atoms with van der Waals surface area (Å²) < 4.78 is 0. The minimum Gasteiger partial charge on any atom is -0.369 e. The fourth-order valence-corrected chi connectivity index (χ4v) is 1.10. The maximum Gasteiger partial charge on any atom is 0.203 e. The summed E-state index contributed by atoms with van der Waals surface area (Å²) in [6.45, 7) is 2.99. The Morgan fingerprint density at radius 1 is 1.73 bits per heavy atom. The van der Waals surface area contributed by atoms with E-state index < -0.39 is 0 Å². The van der Waals surface area contributed by atoms with Gasteiger partial charge >= 0.3 is 0 Å². The second-order valence-electron chi connectivity index (χ2n) is 3.18. The largest absolute Gasteiger partial charge is 0.369 e. The Labute approximate surface area is 67.0 Å². The summed E-state index contributed by atoms with van der Waals surface area (Å²) in [6, 6.07) is 0. The standard InChI is InChI=1S/C7H16N4/c1-5(6-2-3-6)4-10-7(8)11-9/h5-6H,2-4,9H2,1H3,(H3,8,10,11). The molecule has 1 fully saturated rings. The third kappa shape index (κ3) is 2.76. The van der Waals surface area contributed by atoms with Gasteiger partial charge in [0.05, 0.1) is 0 Å². The zero-order chi connectivity index (χ0) is 8.27. The van der Waals surface area contributed by atoms with Crippen molar-refractivity contribution in [2.75, 3.05) is 6.54 Å². The smallest absolute Gasteiger partial charge is 0.203 e. The van der Waals surface area contributed by atoms with Crippen LogP contribution in [0.25, 0.3) is 0 Å². The molecule has 0 saturated heterocycles. The van der Waals surface area contributed by atoms with Crippen molar-refractivity contribution in [1.29, 1.82) is 0 Å². The van der Waals surface area contributed by atoms with Gasteiger partial charge in [0.15, 0.2) is 0 Å². The zero-order valence-electron chi connectivity index (χ0n) is 6.88. The average Bonchev–Trinajstić information content (AvgIpc) is 2.81. The zero-order valence-corrected chi connectivity index (χ0v) is 6.88. The van der Waals surface area contributed by atoms with Crippen LogP contribution in [0.5, 0.6) is 0 Å². The highest BCUT2D eigenvalue weighted by Gasteiger charge is 2.27. The summed E-state index contributed by atoms with van der Waals surface area (Å²) in [5.41, 5.74) is 7.66. The Morgan fingerprint density at radius 2 is 2.36 bits per heavy atom. The Bertz CT molecular complexity index is 151.